The minimum absolute atomic E-state index is 0.104. The van der Waals surface area contributed by atoms with Crippen LogP contribution in [0.4, 0.5) is 0 Å². The molecule has 1 atom stereocenters. The maximum absolute atomic E-state index is 6.60. The van der Waals surface area contributed by atoms with Gasteiger partial charge in [0.15, 0.2) is 13.5 Å². The highest BCUT2D eigenvalue weighted by Gasteiger charge is 2.40. The Hall–Kier alpha value is -1.10. The topological polar surface area (TPSA) is 35.3 Å². The average Bonchev–Trinajstić information content (AvgIpc) is 3.03. The van der Waals surface area contributed by atoms with Gasteiger partial charge in [-0.1, -0.05) is 82.0 Å². The number of hydrogen-bond acceptors (Lipinski definition) is 3. The normalized spacial score (nSPS) is 13.7. The highest BCUT2D eigenvalue weighted by molar-refractivity contribution is 6.74. The molecule has 150 valence electrons. The zero-order chi connectivity index (χ0) is 19.9. The first kappa shape index (κ1) is 22.2. The van der Waals surface area contributed by atoms with E-state index in [1.165, 1.54) is 31.1 Å². The Bertz CT molecular complexity index is 679. The number of aryl methyl sites for hydroxylation is 1. The number of unbranched alkanes of at least 4 members (excludes halogenated alkanes) is 3. The minimum atomic E-state index is -1.90. The molecule has 1 aromatic heterocycles. The maximum atomic E-state index is 6.60. The van der Waals surface area contributed by atoms with Gasteiger partial charge in [0.1, 0.15) is 12.4 Å². The lowest BCUT2D eigenvalue weighted by atomic mass is 10.0. The maximum Gasteiger partial charge on any atom is 0.223 e. The van der Waals surface area contributed by atoms with E-state index in [1.807, 2.05) is 0 Å². The van der Waals surface area contributed by atoms with Gasteiger partial charge in [-0.25, -0.2) is 0 Å². The summed E-state index contributed by atoms with van der Waals surface area (Å²) in [6.45, 7) is 11.3. The van der Waals surface area contributed by atoms with Crippen molar-refractivity contribution in [2.45, 2.75) is 83.5 Å². The molecule has 0 bridgehead atoms. The van der Waals surface area contributed by atoms with Gasteiger partial charge in [-0.2, -0.15) is 4.98 Å². The predicted molar refractivity (Wildman–Crippen MR) is 116 cm³/mol. The van der Waals surface area contributed by atoms with Gasteiger partial charge in [0.2, 0.25) is 5.89 Å². The molecule has 2 aromatic rings. The number of halogens is 1. The van der Waals surface area contributed by atoms with Crippen LogP contribution in [0.25, 0.3) is 0 Å². The molecule has 0 radical (unpaired) electrons. The second-order valence-corrected chi connectivity index (χ2v) is 14.0. The first-order valence-electron chi connectivity index (χ1n) is 10.0. The minimum Gasteiger partial charge on any atom is -0.445 e. The van der Waals surface area contributed by atoms with Crippen LogP contribution in [-0.2, 0) is 10.8 Å². The number of oxazole rings is 1. The van der Waals surface area contributed by atoms with E-state index in [0.29, 0.717) is 11.0 Å². The molecule has 2 rings (SSSR count). The van der Waals surface area contributed by atoms with Gasteiger partial charge in [-0.15, -0.1) is 0 Å². The van der Waals surface area contributed by atoms with Crippen molar-refractivity contribution in [1.29, 1.82) is 0 Å². The van der Waals surface area contributed by atoms with Crippen LogP contribution in [0, 0.1) is 0 Å². The van der Waals surface area contributed by atoms with Crippen LogP contribution in [0.2, 0.25) is 23.3 Å². The van der Waals surface area contributed by atoms with Gasteiger partial charge in [-0.3, -0.25) is 0 Å². The molecule has 1 unspecified atom stereocenters. The Morgan fingerprint density at radius 2 is 1.74 bits per heavy atom. The number of aromatic nitrogens is 1. The fourth-order valence-electron chi connectivity index (χ4n) is 2.84. The van der Waals surface area contributed by atoms with E-state index >= 15 is 0 Å². The third-order valence-corrected chi connectivity index (χ3v) is 10.2. The van der Waals surface area contributed by atoms with Gasteiger partial charge >= 0.3 is 0 Å². The highest BCUT2D eigenvalue weighted by Crippen LogP contribution is 2.41. The molecule has 0 aliphatic carbocycles. The van der Waals surface area contributed by atoms with Crippen LogP contribution >= 0.6 is 11.6 Å². The number of hydrogen-bond donors (Lipinski definition) is 0. The molecule has 3 nitrogen and oxygen atoms in total. The molecule has 0 amide bonds. The lowest BCUT2D eigenvalue weighted by Gasteiger charge is -2.38. The molecule has 1 heterocycles. The fourth-order valence-corrected chi connectivity index (χ4v) is 4.25. The number of rotatable bonds is 10. The zero-order valence-corrected chi connectivity index (χ0v) is 19.2. The molecular weight excluding hydrogens is 374 g/mol. The Morgan fingerprint density at radius 1 is 1.07 bits per heavy atom. The van der Waals surface area contributed by atoms with E-state index < -0.39 is 8.32 Å². The largest absolute Gasteiger partial charge is 0.445 e. The second-order valence-electron chi connectivity index (χ2n) is 8.81. The third kappa shape index (κ3) is 7.09. The van der Waals surface area contributed by atoms with Crippen LogP contribution in [0.15, 0.2) is 41.0 Å². The molecule has 27 heavy (non-hydrogen) atoms. The molecule has 0 aliphatic heterocycles. The Labute approximate surface area is 170 Å². The van der Waals surface area contributed by atoms with Crippen LogP contribution in [0.5, 0.6) is 0 Å². The summed E-state index contributed by atoms with van der Waals surface area (Å²) >= 11 is 5.98. The predicted octanol–water partition coefficient (Wildman–Crippen LogP) is 7.58. The SMILES string of the molecule is CC(C)(C)[Si](C)(C)OC(CCCCCCc1ccccc1)c1nc(Cl)co1. The molecule has 0 saturated heterocycles. The zero-order valence-electron chi connectivity index (χ0n) is 17.4. The summed E-state index contributed by atoms with van der Waals surface area (Å²) < 4.78 is 12.2. The molecule has 0 saturated carbocycles. The summed E-state index contributed by atoms with van der Waals surface area (Å²) in [5.41, 5.74) is 1.42. The van der Waals surface area contributed by atoms with E-state index in [2.05, 4.69) is 69.2 Å². The summed E-state index contributed by atoms with van der Waals surface area (Å²) in [7, 11) is -1.90. The Kier molecular flexibility index (Phi) is 8.14. The lowest BCUT2D eigenvalue weighted by molar-refractivity contribution is 0.138. The fraction of sp³-hybridized carbons (Fsp3) is 0.591. The van der Waals surface area contributed by atoms with E-state index in [0.717, 1.165) is 19.3 Å². The van der Waals surface area contributed by atoms with Gasteiger partial charge < -0.3 is 8.84 Å². The Balaban J connectivity index is 1.83. The van der Waals surface area contributed by atoms with Crippen molar-refractivity contribution in [2.75, 3.05) is 0 Å². The van der Waals surface area contributed by atoms with Crippen molar-refractivity contribution in [3.8, 4) is 0 Å². The molecule has 0 fully saturated rings. The number of benzene rings is 1. The summed E-state index contributed by atoms with van der Waals surface area (Å²) in [5.74, 6) is 0.620. The van der Waals surface area contributed by atoms with E-state index in [-0.39, 0.29) is 11.1 Å². The van der Waals surface area contributed by atoms with E-state index in [4.69, 9.17) is 20.4 Å². The standard InChI is InChI=1S/C22H34ClNO2Si/c1-22(2,3)27(4,5)26-19(21-24-20(23)17-25-21)16-12-7-6-9-13-18-14-10-8-11-15-18/h8,10-11,14-15,17,19H,6-7,9,12-13,16H2,1-5H3. The van der Waals surface area contributed by atoms with Crippen LogP contribution in [0.1, 0.15) is 70.4 Å². The van der Waals surface area contributed by atoms with Crippen molar-refractivity contribution in [3.05, 3.63) is 53.2 Å². The molecular formula is C22H34ClNO2Si. The molecule has 5 heteroatoms. The Morgan fingerprint density at radius 3 is 2.33 bits per heavy atom. The number of nitrogens with zero attached hydrogens (tertiary/aromatic N) is 1. The van der Waals surface area contributed by atoms with Crippen molar-refractivity contribution in [3.63, 3.8) is 0 Å². The van der Waals surface area contributed by atoms with Crippen LogP contribution in [-0.4, -0.2) is 13.3 Å². The quantitative estimate of drug-likeness (QED) is 0.300. The molecule has 0 aliphatic rings. The smallest absolute Gasteiger partial charge is 0.223 e. The lowest BCUT2D eigenvalue weighted by Crippen LogP contribution is -2.41. The summed E-state index contributed by atoms with van der Waals surface area (Å²) in [5, 5.41) is 0.550. The monoisotopic (exact) mass is 407 g/mol. The first-order valence-corrected chi connectivity index (χ1v) is 13.3. The van der Waals surface area contributed by atoms with Crippen LogP contribution in [0.3, 0.4) is 0 Å². The average molecular weight is 408 g/mol. The van der Waals surface area contributed by atoms with Crippen molar-refractivity contribution >= 4 is 19.9 Å². The van der Waals surface area contributed by atoms with E-state index in [9.17, 15) is 0 Å². The summed E-state index contributed by atoms with van der Waals surface area (Å²) in [6, 6.07) is 10.7. The van der Waals surface area contributed by atoms with Gasteiger partial charge in [0.25, 0.3) is 0 Å². The summed E-state index contributed by atoms with van der Waals surface area (Å²) in [6.07, 6.45) is 8.23. The van der Waals surface area contributed by atoms with Crippen molar-refractivity contribution in [2.24, 2.45) is 0 Å². The third-order valence-electron chi connectivity index (χ3n) is 5.54. The molecule has 0 N–H and O–H groups in total. The van der Waals surface area contributed by atoms with Gasteiger partial charge in [0, 0.05) is 0 Å². The van der Waals surface area contributed by atoms with Gasteiger partial charge in [-0.05, 0) is 43.0 Å². The van der Waals surface area contributed by atoms with Crippen molar-refractivity contribution < 1.29 is 8.84 Å². The van der Waals surface area contributed by atoms with Crippen LogP contribution < -0.4 is 0 Å². The van der Waals surface area contributed by atoms with Crippen molar-refractivity contribution in [1.82, 2.24) is 4.98 Å². The second kappa shape index (κ2) is 9.90. The summed E-state index contributed by atoms with van der Waals surface area (Å²) in [4.78, 5) is 4.33. The molecule has 0 spiro atoms. The van der Waals surface area contributed by atoms with E-state index in [1.54, 1.807) is 0 Å². The highest BCUT2D eigenvalue weighted by atomic mass is 35.5. The van der Waals surface area contributed by atoms with Gasteiger partial charge in [0.05, 0.1) is 0 Å². The molecule has 1 aromatic carbocycles. The first-order chi connectivity index (χ1) is 12.7.